The first-order valence-electron chi connectivity index (χ1n) is 7.05. The normalized spacial score (nSPS) is 10.8. The van der Waals surface area contributed by atoms with Gasteiger partial charge in [-0.3, -0.25) is 9.48 Å². The molecule has 0 aliphatic rings. The van der Waals surface area contributed by atoms with Crippen molar-refractivity contribution in [2.24, 2.45) is 12.8 Å². The second-order valence-corrected chi connectivity index (χ2v) is 5.81. The van der Waals surface area contributed by atoms with Crippen molar-refractivity contribution in [3.8, 4) is 11.3 Å². The predicted molar refractivity (Wildman–Crippen MR) is 92.0 cm³/mol. The van der Waals surface area contributed by atoms with Gasteiger partial charge in [0.05, 0.1) is 23.0 Å². The van der Waals surface area contributed by atoms with Crippen LogP contribution in [-0.4, -0.2) is 25.5 Å². The van der Waals surface area contributed by atoms with E-state index < -0.39 is 0 Å². The molecule has 3 aromatic rings. The Morgan fingerprint density at radius 3 is 2.38 bits per heavy atom. The number of aromatic nitrogens is 4. The Labute approximate surface area is 148 Å². The van der Waals surface area contributed by atoms with Gasteiger partial charge < -0.3 is 5.73 Å². The van der Waals surface area contributed by atoms with Crippen molar-refractivity contribution in [3.05, 3.63) is 63.8 Å². The lowest BCUT2D eigenvalue weighted by Crippen LogP contribution is -2.07. The molecule has 0 spiro atoms. The van der Waals surface area contributed by atoms with Crippen LogP contribution in [0.25, 0.3) is 11.3 Å². The van der Waals surface area contributed by atoms with Crippen LogP contribution in [0.5, 0.6) is 0 Å². The number of aryl methyl sites for hydroxylation is 1. The Balaban J connectivity index is 2.11. The number of benzene rings is 1. The van der Waals surface area contributed by atoms with Gasteiger partial charge in [0, 0.05) is 19.2 Å². The maximum Gasteiger partial charge on any atom is 0.203 e. The third-order valence-corrected chi connectivity index (χ3v) is 4.20. The molecule has 0 atom stereocenters. The van der Waals surface area contributed by atoms with Gasteiger partial charge in [0.15, 0.2) is 0 Å². The average molecular weight is 362 g/mol. The fourth-order valence-electron chi connectivity index (χ4n) is 2.41. The highest BCUT2D eigenvalue weighted by molar-refractivity contribution is 6.39. The summed E-state index contributed by atoms with van der Waals surface area (Å²) < 4.78 is 1.62. The molecule has 122 valence electrons. The van der Waals surface area contributed by atoms with Gasteiger partial charge in [0.25, 0.3) is 0 Å². The van der Waals surface area contributed by atoms with E-state index in [9.17, 15) is 4.79 Å². The van der Waals surface area contributed by atoms with E-state index in [-0.39, 0.29) is 21.7 Å². The number of nitrogens with two attached hydrogens (primary N) is 1. The molecule has 0 fully saturated rings. The molecule has 1 aromatic carbocycles. The van der Waals surface area contributed by atoms with E-state index in [1.165, 1.54) is 12.5 Å². The summed E-state index contributed by atoms with van der Waals surface area (Å²) in [6, 6.07) is 7.59. The molecule has 0 saturated heterocycles. The Bertz CT molecular complexity index is 885. The molecule has 0 amide bonds. The topological polar surface area (TPSA) is 86.7 Å². The van der Waals surface area contributed by atoms with Crippen molar-refractivity contribution in [1.82, 2.24) is 19.7 Å². The van der Waals surface area contributed by atoms with Crippen LogP contribution in [0.15, 0.2) is 36.8 Å². The van der Waals surface area contributed by atoms with Crippen molar-refractivity contribution in [1.29, 1.82) is 0 Å². The SMILES string of the molecule is Cn1ncc(C(=O)c2c(Cl)ncnc2Cl)c1-c1ccc(CN)cc1. The molecule has 0 unspecified atom stereocenters. The van der Waals surface area contributed by atoms with Gasteiger partial charge in [0.1, 0.15) is 16.6 Å². The van der Waals surface area contributed by atoms with Gasteiger partial charge in [0.2, 0.25) is 5.78 Å². The number of ketones is 1. The van der Waals surface area contributed by atoms with Gasteiger partial charge in [-0.1, -0.05) is 47.5 Å². The van der Waals surface area contributed by atoms with E-state index >= 15 is 0 Å². The Hall–Kier alpha value is -2.28. The summed E-state index contributed by atoms with van der Waals surface area (Å²) in [5.74, 6) is -0.378. The van der Waals surface area contributed by atoms with Crippen LogP contribution in [0.1, 0.15) is 21.5 Å². The Morgan fingerprint density at radius 2 is 1.79 bits per heavy atom. The Kier molecular flexibility index (Phi) is 4.62. The van der Waals surface area contributed by atoms with E-state index in [1.54, 1.807) is 11.7 Å². The van der Waals surface area contributed by atoms with Gasteiger partial charge in [-0.15, -0.1) is 0 Å². The quantitative estimate of drug-likeness (QED) is 0.570. The monoisotopic (exact) mass is 361 g/mol. The fourth-order valence-corrected chi connectivity index (χ4v) is 2.90. The molecular weight excluding hydrogens is 349 g/mol. The van der Waals surface area contributed by atoms with Crippen LogP contribution in [0.3, 0.4) is 0 Å². The molecular formula is C16H13Cl2N5O. The van der Waals surface area contributed by atoms with E-state index in [4.69, 9.17) is 28.9 Å². The third kappa shape index (κ3) is 2.91. The molecule has 0 saturated carbocycles. The number of carbonyl (C=O) groups is 1. The van der Waals surface area contributed by atoms with Crippen LogP contribution in [0.4, 0.5) is 0 Å². The number of hydrogen-bond donors (Lipinski definition) is 1. The second kappa shape index (κ2) is 6.68. The molecule has 2 N–H and O–H groups in total. The number of nitrogens with zero attached hydrogens (tertiary/aromatic N) is 4. The predicted octanol–water partition coefficient (Wildman–Crippen LogP) is 2.87. The van der Waals surface area contributed by atoms with Crippen LogP contribution >= 0.6 is 23.2 Å². The Morgan fingerprint density at radius 1 is 1.17 bits per heavy atom. The van der Waals surface area contributed by atoms with Gasteiger partial charge in [-0.2, -0.15) is 5.10 Å². The van der Waals surface area contributed by atoms with Crippen molar-refractivity contribution in [2.45, 2.75) is 6.54 Å². The third-order valence-electron chi connectivity index (χ3n) is 3.63. The largest absolute Gasteiger partial charge is 0.326 e. The van der Waals surface area contributed by atoms with Gasteiger partial charge >= 0.3 is 0 Å². The lowest BCUT2D eigenvalue weighted by atomic mass is 10.0. The summed E-state index contributed by atoms with van der Waals surface area (Å²) in [6.07, 6.45) is 2.69. The molecule has 0 bridgehead atoms. The summed E-state index contributed by atoms with van der Waals surface area (Å²) in [7, 11) is 1.76. The first-order chi connectivity index (χ1) is 11.5. The summed E-state index contributed by atoms with van der Waals surface area (Å²) in [5.41, 5.74) is 8.54. The molecule has 8 heteroatoms. The second-order valence-electron chi connectivity index (χ2n) is 5.09. The molecule has 2 heterocycles. The van der Waals surface area contributed by atoms with Crippen molar-refractivity contribution >= 4 is 29.0 Å². The lowest BCUT2D eigenvalue weighted by Gasteiger charge is -2.08. The number of hydrogen-bond acceptors (Lipinski definition) is 5. The lowest BCUT2D eigenvalue weighted by molar-refractivity contribution is 0.103. The van der Waals surface area contributed by atoms with E-state index in [1.807, 2.05) is 24.3 Å². The summed E-state index contributed by atoms with van der Waals surface area (Å²) in [6.45, 7) is 0.448. The van der Waals surface area contributed by atoms with Gasteiger partial charge in [-0.05, 0) is 5.56 Å². The number of rotatable bonds is 4. The van der Waals surface area contributed by atoms with Crippen molar-refractivity contribution in [3.63, 3.8) is 0 Å². The van der Waals surface area contributed by atoms with E-state index in [2.05, 4.69) is 15.1 Å². The molecule has 3 rings (SSSR count). The molecule has 6 nitrogen and oxygen atoms in total. The smallest absolute Gasteiger partial charge is 0.203 e. The highest BCUT2D eigenvalue weighted by atomic mass is 35.5. The standard InChI is InChI=1S/C16H13Cl2N5O/c1-23-13(10-4-2-9(6-19)3-5-10)11(7-22-23)14(24)12-15(17)20-8-21-16(12)18/h2-5,7-8H,6,19H2,1H3. The highest BCUT2D eigenvalue weighted by Crippen LogP contribution is 2.29. The van der Waals surface area contributed by atoms with Crippen molar-refractivity contribution in [2.75, 3.05) is 0 Å². The first-order valence-corrected chi connectivity index (χ1v) is 7.80. The maximum atomic E-state index is 12.9. The molecule has 0 aliphatic carbocycles. The first kappa shape index (κ1) is 16.6. The minimum Gasteiger partial charge on any atom is -0.326 e. The fraction of sp³-hybridized carbons (Fsp3) is 0.125. The van der Waals surface area contributed by atoms with Gasteiger partial charge in [-0.25, -0.2) is 9.97 Å². The molecule has 0 radical (unpaired) electrons. The highest BCUT2D eigenvalue weighted by Gasteiger charge is 2.24. The van der Waals surface area contributed by atoms with Crippen LogP contribution in [-0.2, 0) is 13.6 Å². The van der Waals surface area contributed by atoms with E-state index in [0.717, 1.165) is 11.1 Å². The zero-order valence-corrected chi connectivity index (χ0v) is 14.2. The maximum absolute atomic E-state index is 12.9. The van der Waals surface area contributed by atoms with Crippen molar-refractivity contribution < 1.29 is 4.79 Å². The zero-order valence-electron chi connectivity index (χ0n) is 12.7. The van der Waals surface area contributed by atoms with E-state index in [0.29, 0.717) is 17.8 Å². The number of halogens is 2. The summed E-state index contributed by atoms with van der Waals surface area (Å²) >= 11 is 12.0. The summed E-state index contributed by atoms with van der Waals surface area (Å²) in [5, 5.41) is 4.20. The van der Waals surface area contributed by atoms with Crippen LogP contribution in [0.2, 0.25) is 10.3 Å². The van der Waals surface area contributed by atoms with Crippen LogP contribution < -0.4 is 5.73 Å². The summed E-state index contributed by atoms with van der Waals surface area (Å²) in [4.78, 5) is 20.5. The van der Waals surface area contributed by atoms with Crippen LogP contribution in [0, 0.1) is 0 Å². The average Bonchev–Trinajstić information content (AvgIpc) is 2.96. The molecule has 24 heavy (non-hydrogen) atoms. The molecule has 2 aromatic heterocycles. The zero-order chi connectivity index (χ0) is 17.3. The minimum atomic E-state index is -0.378. The number of carbonyl (C=O) groups excluding carboxylic acids is 1. The molecule has 0 aliphatic heterocycles. The minimum absolute atomic E-state index is 0.00767.